The van der Waals surface area contributed by atoms with Gasteiger partial charge in [0.05, 0.1) is 6.04 Å². The van der Waals surface area contributed by atoms with Gasteiger partial charge >= 0.3 is 0 Å². The van der Waals surface area contributed by atoms with Crippen LogP contribution in [0.5, 0.6) is 5.75 Å². The lowest BCUT2D eigenvalue weighted by atomic mass is 10.1. The van der Waals surface area contributed by atoms with Gasteiger partial charge in [0.1, 0.15) is 5.75 Å². The highest BCUT2D eigenvalue weighted by atomic mass is 35.5. The molecule has 144 valence electrons. The van der Waals surface area contributed by atoms with Crippen LogP contribution in [0.25, 0.3) is 0 Å². The van der Waals surface area contributed by atoms with E-state index in [2.05, 4.69) is 16.3 Å². The summed E-state index contributed by atoms with van der Waals surface area (Å²) in [6.07, 6.45) is 2.37. The number of hydrogen-bond donors (Lipinski definition) is 1. The van der Waals surface area contributed by atoms with E-state index in [1.807, 2.05) is 50.2 Å². The van der Waals surface area contributed by atoms with Crippen LogP contribution in [0.1, 0.15) is 35.6 Å². The highest BCUT2D eigenvalue weighted by molar-refractivity contribution is 6.31. The van der Waals surface area contributed by atoms with Gasteiger partial charge in [-0.25, -0.2) is 0 Å². The van der Waals surface area contributed by atoms with Gasteiger partial charge in [-0.15, -0.1) is 0 Å². The van der Waals surface area contributed by atoms with E-state index in [9.17, 15) is 4.79 Å². The third-order valence-corrected chi connectivity index (χ3v) is 5.25. The SMILES string of the molecule is Cc1cc(C)cc(OCC(=O)NCC(c2ccccc2Cl)N2CCCC2)c1. The Bertz CT molecular complexity index is 767. The number of amides is 1. The minimum Gasteiger partial charge on any atom is -0.484 e. The van der Waals surface area contributed by atoms with E-state index in [0.717, 1.165) is 40.6 Å². The van der Waals surface area contributed by atoms with E-state index in [1.165, 1.54) is 12.8 Å². The first-order chi connectivity index (χ1) is 13.0. The van der Waals surface area contributed by atoms with Gasteiger partial charge in [-0.2, -0.15) is 0 Å². The number of aryl methyl sites for hydroxylation is 2. The number of rotatable bonds is 7. The van der Waals surface area contributed by atoms with E-state index in [1.54, 1.807) is 0 Å². The number of carbonyl (C=O) groups is 1. The second kappa shape index (κ2) is 9.25. The molecule has 1 aliphatic rings. The van der Waals surface area contributed by atoms with Gasteiger partial charge in [0.15, 0.2) is 6.61 Å². The summed E-state index contributed by atoms with van der Waals surface area (Å²) in [7, 11) is 0. The van der Waals surface area contributed by atoms with Gasteiger partial charge < -0.3 is 10.1 Å². The van der Waals surface area contributed by atoms with Crippen molar-refractivity contribution in [2.24, 2.45) is 0 Å². The zero-order valence-corrected chi connectivity index (χ0v) is 16.8. The molecule has 0 aliphatic carbocycles. The predicted octanol–water partition coefficient (Wildman–Crippen LogP) is 4.29. The van der Waals surface area contributed by atoms with E-state index in [-0.39, 0.29) is 18.6 Å². The van der Waals surface area contributed by atoms with Crippen molar-refractivity contribution in [3.63, 3.8) is 0 Å². The molecule has 0 spiro atoms. The summed E-state index contributed by atoms with van der Waals surface area (Å²) < 4.78 is 5.66. The summed E-state index contributed by atoms with van der Waals surface area (Å²) in [4.78, 5) is 14.7. The van der Waals surface area contributed by atoms with Crippen molar-refractivity contribution >= 4 is 17.5 Å². The van der Waals surface area contributed by atoms with Gasteiger partial charge in [-0.3, -0.25) is 9.69 Å². The minimum absolute atomic E-state index is 0.0120. The van der Waals surface area contributed by atoms with Crippen LogP contribution >= 0.6 is 11.6 Å². The Kier molecular flexibility index (Phi) is 6.75. The van der Waals surface area contributed by atoms with Crippen LogP contribution in [0.15, 0.2) is 42.5 Å². The van der Waals surface area contributed by atoms with Gasteiger partial charge in [-0.1, -0.05) is 35.9 Å². The number of nitrogens with one attached hydrogen (secondary N) is 1. The zero-order chi connectivity index (χ0) is 19.2. The average Bonchev–Trinajstić information content (AvgIpc) is 3.15. The largest absolute Gasteiger partial charge is 0.484 e. The van der Waals surface area contributed by atoms with Crippen LogP contribution in [0.2, 0.25) is 5.02 Å². The number of benzene rings is 2. The Hall–Kier alpha value is -2.04. The molecule has 2 aromatic carbocycles. The predicted molar refractivity (Wildman–Crippen MR) is 109 cm³/mol. The third kappa shape index (κ3) is 5.47. The van der Waals surface area contributed by atoms with Gasteiger partial charge in [0.25, 0.3) is 5.91 Å². The number of nitrogens with zero attached hydrogens (tertiary/aromatic N) is 1. The fraction of sp³-hybridized carbons (Fsp3) is 0.409. The maximum absolute atomic E-state index is 12.3. The molecule has 27 heavy (non-hydrogen) atoms. The second-order valence-electron chi connectivity index (χ2n) is 7.20. The molecule has 0 aromatic heterocycles. The summed E-state index contributed by atoms with van der Waals surface area (Å²) in [6.45, 7) is 6.64. The van der Waals surface area contributed by atoms with Gasteiger partial charge in [-0.05, 0) is 74.7 Å². The number of halogens is 1. The van der Waals surface area contributed by atoms with Crippen molar-refractivity contribution in [2.45, 2.75) is 32.7 Å². The average molecular weight is 387 g/mol. The Morgan fingerprint density at radius 2 is 1.81 bits per heavy atom. The maximum atomic E-state index is 12.3. The molecule has 1 N–H and O–H groups in total. The minimum atomic E-state index is -0.120. The summed E-state index contributed by atoms with van der Waals surface area (Å²) in [5.74, 6) is 0.607. The standard InChI is InChI=1S/C22H27ClN2O2/c1-16-11-17(2)13-18(12-16)27-15-22(26)24-14-21(25-9-5-6-10-25)19-7-3-4-8-20(19)23/h3-4,7-8,11-13,21H,5-6,9-10,14-15H2,1-2H3,(H,24,26). The molecular weight excluding hydrogens is 360 g/mol. The third-order valence-electron chi connectivity index (χ3n) is 4.90. The fourth-order valence-corrected chi connectivity index (χ4v) is 3.92. The fourth-order valence-electron chi connectivity index (χ4n) is 3.66. The number of ether oxygens (including phenoxy) is 1. The molecule has 0 saturated carbocycles. The topological polar surface area (TPSA) is 41.6 Å². The Morgan fingerprint density at radius 3 is 2.48 bits per heavy atom. The van der Waals surface area contributed by atoms with E-state index >= 15 is 0 Å². The van der Waals surface area contributed by atoms with Crippen molar-refractivity contribution < 1.29 is 9.53 Å². The van der Waals surface area contributed by atoms with Gasteiger partial charge in [0.2, 0.25) is 0 Å². The van der Waals surface area contributed by atoms with Crippen molar-refractivity contribution in [1.82, 2.24) is 10.2 Å². The molecule has 1 fully saturated rings. The lowest BCUT2D eigenvalue weighted by molar-refractivity contribution is -0.123. The smallest absolute Gasteiger partial charge is 0.258 e. The second-order valence-corrected chi connectivity index (χ2v) is 7.60. The molecule has 5 heteroatoms. The van der Waals surface area contributed by atoms with E-state index in [0.29, 0.717) is 6.54 Å². The molecular formula is C22H27ClN2O2. The Morgan fingerprint density at radius 1 is 1.15 bits per heavy atom. The van der Waals surface area contributed by atoms with Crippen LogP contribution < -0.4 is 10.1 Å². The molecule has 1 amide bonds. The van der Waals surface area contributed by atoms with Crippen LogP contribution in [0, 0.1) is 13.8 Å². The normalized spacial score (nSPS) is 15.5. The Labute approximate surface area is 166 Å². The molecule has 3 rings (SSSR count). The van der Waals surface area contributed by atoms with Crippen LogP contribution in [0.3, 0.4) is 0 Å². The van der Waals surface area contributed by atoms with E-state index in [4.69, 9.17) is 16.3 Å². The van der Waals surface area contributed by atoms with Crippen molar-refractivity contribution in [3.8, 4) is 5.75 Å². The highest BCUT2D eigenvalue weighted by Crippen LogP contribution is 2.29. The molecule has 4 nitrogen and oxygen atoms in total. The van der Waals surface area contributed by atoms with Crippen molar-refractivity contribution in [2.75, 3.05) is 26.2 Å². The van der Waals surface area contributed by atoms with Crippen molar-refractivity contribution in [1.29, 1.82) is 0 Å². The molecule has 0 bridgehead atoms. The summed E-state index contributed by atoms with van der Waals surface area (Å²) in [5.41, 5.74) is 3.31. The zero-order valence-electron chi connectivity index (χ0n) is 16.0. The quantitative estimate of drug-likeness (QED) is 0.771. The number of hydrogen-bond acceptors (Lipinski definition) is 3. The maximum Gasteiger partial charge on any atom is 0.258 e. The first-order valence-electron chi connectivity index (χ1n) is 9.49. The van der Waals surface area contributed by atoms with Crippen molar-refractivity contribution in [3.05, 3.63) is 64.2 Å². The molecule has 1 atom stereocenters. The van der Waals surface area contributed by atoms with Crippen LogP contribution in [0.4, 0.5) is 0 Å². The molecule has 1 unspecified atom stereocenters. The Balaban J connectivity index is 1.59. The molecule has 2 aromatic rings. The first-order valence-corrected chi connectivity index (χ1v) is 9.87. The first kappa shape index (κ1) is 19.7. The molecule has 1 saturated heterocycles. The molecule has 0 radical (unpaired) electrons. The highest BCUT2D eigenvalue weighted by Gasteiger charge is 2.25. The monoisotopic (exact) mass is 386 g/mol. The van der Waals surface area contributed by atoms with Gasteiger partial charge in [0, 0.05) is 11.6 Å². The number of carbonyl (C=O) groups excluding carboxylic acids is 1. The summed E-state index contributed by atoms with van der Waals surface area (Å²) in [5, 5.41) is 3.77. The number of likely N-dealkylation sites (tertiary alicyclic amines) is 1. The summed E-state index contributed by atoms with van der Waals surface area (Å²) >= 11 is 6.42. The molecule has 1 aliphatic heterocycles. The molecule has 1 heterocycles. The van der Waals surface area contributed by atoms with E-state index < -0.39 is 0 Å². The van der Waals surface area contributed by atoms with Crippen LogP contribution in [-0.2, 0) is 4.79 Å². The lowest BCUT2D eigenvalue weighted by Gasteiger charge is -2.29. The van der Waals surface area contributed by atoms with Crippen LogP contribution in [-0.4, -0.2) is 37.0 Å². The summed E-state index contributed by atoms with van der Waals surface area (Å²) in [6, 6.07) is 13.9. The lowest BCUT2D eigenvalue weighted by Crippen LogP contribution is -2.38.